The molecule has 0 aromatic carbocycles. The predicted molar refractivity (Wildman–Crippen MR) is 45.5 cm³/mol. The van der Waals surface area contributed by atoms with Gasteiger partial charge in [0.15, 0.2) is 0 Å². The third kappa shape index (κ3) is 1.76. The maximum absolute atomic E-state index is 4.10. The van der Waals surface area contributed by atoms with E-state index < -0.39 is 0 Å². The molecule has 2 nitrogen and oxygen atoms in total. The van der Waals surface area contributed by atoms with Crippen LogP contribution in [0.1, 0.15) is 37.9 Å². The van der Waals surface area contributed by atoms with Gasteiger partial charge in [-0.25, -0.2) is 0 Å². The second-order valence-corrected chi connectivity index (χ2v) is 2.95. The number of rotatable bonds is 2. The zero-order valence-corrected chi connectivity index (χ0v) is 7.33. The minimum Gasteiger partial charge on any atom is -0.159 e. The second-order valence-electron chi connectivity index (χ2n) is 2.95. The van der Waals surface area contributed by atoms with Gasteiger partial charge in [-0.1, -0.05) is 20.8 Å². The molecule has 0 aliphatic carbocycles. The van der Waals surface area contributed by atoms with Crippen LogP contribution in [0.3, 0.4) is 0 Å². The van der Waals surface area contributed by atoms with E-state index in [0.717, 1.165) is 12.1 Å². The first-order valence-electron chi connectivity index (χ1n) is 4.06. The molecule has 1 aromatic rings. The lowest BCUT2D eigenvalue weighted by molar-refractivity contribution is 0.763. The lowest BCUT2D eigenvalue weighted by Gasteiger charge is -2.07. The molecule has 0 fully saturated rings. The molecule has 0 saturated carbocycles. The van der Waals surface area contributed by atoms with Crippen molar-refractivity contribution in [1.82, 2.24) is 10.2 Å². The second kappa shape index (κ2) is 3.46. The van der Waals surface area contributed by atoms with Crippen molar-refractivity contribution in [2.75, 3.05) is 0 Å². The first-order valence-corrected chi connectivity index (χ1v) is 4.06. The number of nitrogens with zero attached hydrogens (tertiary/aromatic N) is 2. The summed E-state index contributed by atoms with van der Waals surface area (Å²) >= 11 is 0. The van der Waals surface area contributed by atoms with E-state index in [1.165, 1.54) is 5.56 Å². The van der Waals surface area contributed by atoms with Crippen molar-refractivity contribution >= 4 is 0 Å². The minimum atomic E-state index is 0.485. The zero-order valence-electron chi connectivity index (χ0n) is 7.33. The first-order chi connectivity index (χ1) is 5.25. The van der Waals surface area contributed by atoms with Gasteiger partial charge >= 0.3 is 0 Å². The molecule has 0 aliphatic heterocycles. The highest BCUT2D eigenvalue weighted by Gasteiger charge is 2.05. The van der Waals surface area contributed by atoms with Gasteiger partial charge < -0.3 is 0 Å². The Hall–Kier alpha value is -0.920. The summed E-state index contributed by atoms with van der Waals surface area (Å²) in [6.07, 6.45) is 2.80. The summed E-state index contributed by atoms with van der Waals surface area (Å²) in [5.74, 6) is 0.485. The topological polar surface area (TPSA) is 25.8 Å². The van der Waals surface area contributed by atoms with Crippen molar-refractivity contribution in [3.05, 3.63) is 23.5 Å². The number of hydrogen-bond acceptors (Lipinski definition) is 2. The number of hydrogen-bond donors (Lipinski definition) is 0. The fourth-order valence-electron chi connectivity index (χ4n) is 1.15. The Morgan fingerprint density at radius 3 is 2.64 bits per heavy atom. The van der Waals surface area contributed by atoms with E-state index in [2.05, 4.69) is 31.0 Å². The molecule has 0 aliphatic rings. The number of aromatic nitrogens is 2. The lowest BCUT2D eigenvalue weighted by Crippen LogP contribution is -2.00. The fraction of sp³-hybridized carbons (Fsp3) is 0.556. The zero-order chi connectivity index (χ0) is 8.27. The highest BCUT2D eigenvalue weighted by Crippen LogP contribution is 2.15. The highest BCUT2D eigenvalue weighted by atomic mass is 15.1. The molecule has 0 saturated heterocycles. The van der Waals surface area contributed by atoms with E-state index in [-0.39, 0.29) is 0 Å². The Bertz CT molecular complexity index is 231. The summed E-state index contributed by atoms with van der Waals surface area (Å²) in [5, 5.41) is 7.96. The van der Waals surface area contributed by atoms with Crippen LogP contribution in [-0.2, 0) is 6.42 Å². The minimum absolute atomic E-state index is 0.485. The Morgan fingerprint density at radius 1 is 1.45 bits per heavy atom. The SMILES string of the molecule is CCc1ccnnc1C(C)C. The molecule has 0 atom stereocenters. The monoisotopic (exact) mass is 150 g/mol. The van der Waals surface area contributed by atoms with E-state index in [1.807, 2.05) is 6.07 Å². The summed E-state index contributed by atoms with van der Waals surface area (Å²) in [5.41, 5.74) is 2.45. The Balaban J connectivity index is 3.02. The Morgan fingerprint density at radius 2 is 2.18 bits per heavy atom. The average Bonchev–Trinajstić information content (AvgIpc) is 2.04. The molecule has 1 rings (SSSR count). The van der Waals surface area contributed by atoms with E-state index in [0.29, 0.717) is 5.92 Å². The van der Waals surface area contributed by atoms with Crippen molar-refractivity contribution in [2.24, 2.45) is 0 Å². The molecular weight excluding hydrogens is 136 g/mol. The smallest absolute Gasteiger partial charge is 0.0688 e. The van der Waals surface area contributed by atoms with E-state index >= 15 is 0 Å². The third-order valence-corrected chi connectivity index (χ3v) is 1.76. The molecule has 0 amide bonds. The first kappa shape index (κ1) is 8.18. The summed E-state index contributed by atoms with van der Waals surface area (Å²) in [6.45, 7) is 6.43. The molecule has 1 aromatic heterocycles. The Kier molecular flexibility index (Phi) is 2.58. The predicted octanol–water partition coefficient (Wildman–Crippen LogP) is 2.16. The molecule has 0 bridgehead atoms. The van der Waals surface area contributed by atoms with Crippen molar-refractivity contribution in [3.8, 4) is 0 Å². The van der Waals surface area contributed by atoms with E-state index in [4.69, 9.17) is 0 Å². The summed E-state index contributed by atoms with van der Waals surface area (Å²) in [4.78, 5) is 0. The van der Waals surface area contributed by atoms with Gasteiger partial charge in [-0.2, -0.15) is 10.2 Å². The van der Waals surface area contributed by atoms with E-state index in [1.54, 1.807) is 6.20 Å². The van der Waals surface area contributed by atoms with Gasteiger partial charge in [-0.3, -0.25) is 0 Å². The molecule has 2 heteroatoms. The quantitative estimate of drug-likeness (QED) is 0.645. The van der Waals surface area contributed by atoms with Crippen molar-refractivity contribution in [2.45, 2.75) is 33.1 Å². The molecule has 60 valence electrons. The maximum Gasteiger partial charge on any atom is 0.0688 e. The van der Waals surface area contributed by atoms with Gasteiger partial charge in [-0.05, 0) is 24.0 Å². The largest absolute Gasteiger partial charge is 0.159 e. The van der Waals surface area contributed by atoms with Crippen LogP contribution < -0.4 is 0 Å². The van der Waals surface area contributed by atoms with E-state index in [9.17, 15) is 0 Å². The number of aryl methyl sites for hydroxylation is 1. The van der Waals surface area contributed by atoms with Crippen LogP contribution in [0.25, 0.3) is 0 Å². The van der Waals surface area contributed by atoms with Crippen molar-refractivity contribution in [1.29, 1.82) is 0 Å². The average molecular weight is 150 g/mol. The van der Waals surface area contributed by atoms with Gasteiger partial charge in [0.2, 0.25) is 0 Å². The van der Waals surface area contributed by atoms with Crippen LogP contribution >= 0.6 is 0 Å². The summed E-state index contributed by atoms with van der Waals surface area (Å²) in [6, 6.07) is 2.04. The van der Waals surface area contributed by atoms with Crippen LogP contribution in [0.5, 0.6) is 0 Å². The van der Waals surface area contributed by atoms with Crippen LogP contribution in [0.2, 0.25) is 0 Å². The van der Waals surface area contributed by atoms with Crippen molar-refractivity contribution in [3.63, 3.8) is 0 Å². The van der Waals surface area contributed by atoms with Crippen LogP contribution in [0.15, 0.2) is 12.3 Å². The third-order valence-electron chi connectivity index (χ3n) is 1.76. The molecule has 0 radical (unpaired) electrons. The van der Waals surface area contributed by atoms with Crippen LogP contribution in [0.4, 0.5) is 0 Å². The van der Waals surface area contributed by atoms with Crippen molar-refractivity contribution < 1.29 is 0 Å². The van der Waals surface area contributed by atoms with Crippen LogP contribution in [-0.4, -0.2) is 10.2 Å². The summed E-state index contributed by atoms with van der Waals surface area (Å²) in [7, 11) is 0. The van der Waals surface area contributed by atoms with Gasteiger partial charge in [0.25, 0.3) is 0 Å². The highest BCUT2D eigenvalue weighted by molar-refractivity contribution is 5.19. The van der Waals surface area contributed by atoms with Gasteiger partial charge in [-0.15, -0.1) is 0 Å². The molecule has 0 spiro atoms. The normalized spacial score (nSPS) is 10.5. The maximum atomic E-state index is 4.10. The van der Waals surface area contributed by atoms with Gasteiger partial charge in [0.1, 0.15) is 0 Å². The molecule has 0 N–H and O–H groups in total. The lowest BCUT2D eigenvalue weighted by atomic mass is 10.0. The summed E-state index contributed by atoms with van der Waals surface area (Å²) < 4.78 is 0. The molecule has 1 heterocycles. The van der Waals surface area contributed by atoms with Gasteiger partial charge in [0, 0.05) is 6.20 Å². The molecule has 11 heavy (non-hydrogen) atoms. The van der Waals surface area contributed by atoms with Crippen LogP contribution in [0, 0.1) is 0 Å². The fourth-order valence-corrected chi connectivity index (χ4v) is 1.15. The molecular formula is C9H14N2. The Labute approximate surface area is 67.7 Å². The molecule has 0 unspecified atom stereocenters. The standard InChI is InChI=1S/C9H14N2/c1-4-8-5-6-10-11-9(8)7(2)3/h5-7H,4H2,1-3H3. The van der Waals surface area contributed by atoms with Gasteiger partial charge in [0.05, 0.1) is 5.69 Å².